The van der Waals surface area contributed by atoms with Crippen molar-refractivity contribution in [1.29, 1.82) is 0 Å². The summed E-state index contributed by atoms with van der Waals surface area (Å²) in [6, 6.07) is 7.94. The number of hydrogen-bond donors (Lipinski definition) is 1. The van der Waals surface area contributed by atoms with Gasteiger partial charge in [-0.25, -0.2) is 4.39 Å². The van der Waals surface area contributed by atoms with E-state index < -0.39 is 5.82 Å². The molecule has 7 heteroatoms. The first-order valence-corrected chi connectivity index (χ1v) is 8.44. The molecule has 136 valence electrons. The summed E-state index contributed by atoms with van der Waals surface area (Å²) in [7, 11) is 3.18. The second-order valence-electron chi connectivity index (χ2n) is 5.25. The lowest BCUT2D eigenvalue weighted by atomic mass is 10.2. The van der Waals surface area contributed by atoms with E-state index in [1.165, 1.54) is 13.2 Å². The molecule has 0 bridgehead atoms. The van der Waals surface area contributed by atoms with Crippen LogP contribution in [0.4, 0.5) is 4.39 Å². The van der Waals surface area contributed by atoms with E-state index in [0.717, 1.165) is 5.56 Å². The average Bonchev–Trinajstić information content (AvgIpc) is 2.59. The maximum absolute atomic E-state index is 13.8. The first-order valence-electron chi connectivity index (χ1n) is 7.68. The molecular formula is C18H20Cl2FNO3. The largest absolute Gasteiger partial charge is 0.493 e. The number of hydrogen-bond acceptors (Lipinski definition) is 4. The predicted octanol–water partition coefficient (Wildman–Crippen LogP) is 4.46. The number of halogens is 3. The molecular weight excluding hydrogens is 368 g/mol. The van der Waals surface area contributed by atoms with Crippen LogP contribution in [0.2, 0.25) is 10.0 Å². The monoisotopic (exact) mass is 387 g/mol. The Bertz CT molecular complexity index is 693. The van der Waals surface area contributed by atoms with Gasteiger partial charge in [-0.2, -0.15) is 0 Å². The van der Waals surface area contributed by atoms with Crippen molar-refractivity contribution in [2.75, 3.05) is 27.4 Å². The van der Waals surface area contributed by atoms with Gasteiger partial charge in [0, 0.05) is 36.9 Å². The summed E-state index contributed by atoms with van der Waals surface area (Å²) in [6.45, 7) is 1.86. The summed E-state index contributed by atoms with van der Waals surface area (Å²) >= 11 is 12.3. The average molecular weight is 388 g/mol. The fourth-order valence-corrected chi connectivity index (χ4v) is 2.64. The van der Waals surface area contributed by atoms with Crippen LogP contribution in [0.1, 0.15) is 11.1 Å². The van der Waals surface area contributed by atoms with Crippen LogP contribution in [0, 0.1) is 5.82 Å². The molecule has 4 nitrogen and oxygen atoms in total. The molecule has 0 saturated carbocycles. The standard InChI is InChI=1S/C18H20Cl2FNO3/c1-23-7-6-22-10-12-8-17(24-2)18(9-15(12)20)25-11-13-14(19)4-3-5-16(13)21/h3-5,8-9,22H,6-7,10-11H2,1-2H3. The molecule has 2 aromatic rings. The van der Waals surface area contributed by atoms with E-state index in [9.17, 15) is 4.39 Å². The summed E-state index contributed by atoms with van der Waals surface area (Å²) in [6.07, 6.45) is 0. The fraction of sp³-hybridized carbons (Fsp3) is 0.333. The lowest BCUT2D eigenvalue weighted by Gasteiger charge is -2.15. The molecule has 0 aliphatic heterocycles. The van der Waals surface area contributed by atoms with Crippen LogP contribution >= 0.6 is 23.2 Å². The predicted molar refractivity (Wildman–Crippen MR) is 97.3 cm³/mol. The van der Waals surface area contributed by atoms with Crippen molar-refractivity contribution in [2.45, 2.75) is 13.2 Å². The van der Waals surface area contributed by atoms with E-state index in [-0.39, 0.29) is 12.2 Å². The first kappa shape index (κ1) is 19.8. The van der Waals surface area contributed by atoms with E-state index in [4.69, 9.17) is 37.4 Å². The lowest BCUT2D eigenvalue weighted by Crippen LogP contribution is -2.18. The number of ether oxygens (including phenoxy) is 3. The highest BCUT2D eigenvalue weighted by molar-refractivity contribution is 6.31. The van der Waals surface area contributed by atoms with Gasteiger partial charge in [0.05, 0.1) is 18.7 Å². The van der Waals surface area contributed by atoms with Crippen LogP contribution in [0.15, 0.2) is 30.3 Å². The Hall–Kier alpha value is -1.53. The summed E-state index contributed by atoms with van der Waals surface area (Å²) in [4.78, 5) is 0. The highest BCUT2D eigenvalue weighted by Crippen LogP contribution is 2.34. The Morgan fingerprint density at radius 2 is 1.88 bits per heavy atom. The van der Waals surface area contributed by atoms with Gasteiger partial charge in [0.15, 0.2) is 11.5 Å². The molecule has 0 aliphatic rings. The van der Waals surface area contributed by atoms with Gasteiger partial charge in [0.1, 0.15) is 12.4 Å². The summed E-state index contributed by atoms with van der Waals surface area (Å²) in [5.74, 6) is 0.518. The van der Waals surface area contributed by atoms with Crippen molar-refractivity contribution in [3.63, 3.8) is 0 Å². The van der Waals surface area contributed by atoms with Crippen LogP contribution in [0.25, 0.3) is 0 Å². The van der Waals surface area contributed by atoms with Crippen molar-refractivity contribution >= 4 is 23.2 Å². The lowest BCUT2D eigenvalue weighted by molar-refractivity contribution is 0.199. The molecule has 0 heterocycles. The van der Waals surface area contributed by atoms with Gasteiger partial charge in [0.25, 0.3) is 0 Å². The van der Waals surface area contributed by atoms with Gasteiger partial charge in [-0.15, -0.1) is 0 Å². The zero-order valence-electron chi connectivity index (χ0n) is 14.1. The molecule has 0 aliphatic carbocycles. The Labute approximate surface area is 156 Å². The van der Waals surface area contributed by atoms with Gasteiger partial charge in [-0.05, 0) is 23.8 Å². The Morgan fingerprint density at radius 1 is 1.08 bits per heavy atom. The van der Waals surface area contributed by atoms with Crippen LogP contribution in [-0.4, -0.2) is 27.4 Å². The minimum atomic E-state index is -0.420. The molecule has 0 saturated heterocycles. The normalized spacial score (nSPS) is 10.8. The second-order valence-corrected chi connectivity index (χ2v) is 6.07. The first-order chi connectivity index (χ1) is 12.1. The van der Waals surface area contributed by atoms with Gasteiger partial charge < -0.3 is 19.5 Å². The molecule has 25 heavy (non-hydrogen) atoms. The van der Waals surface area contributed by atoms with Crippen molar-refractivity contribution in [3.8, 4) is 11.5 Å². The SMILES string of the molecule is COCCNCc1cc(OC)c(OCc2c(F)cccc2Cl)cc1Cl. The van der Waals surface area contributed by atoms with Crippen molar-refractivity contribution < 1.29 is 18.6 Å². The third kappa shape index (κ3) is 5.47. The maximum atomic E-state index is 13.8. The topological polar surface area (TPSA) is 39.7 Å². The number of nitrogens with one attached hydrogen (secondary N) is 1. The Balaban J connectivity index is 2.11. The minimum absolute atomic E-state index is 0.0242. The van der Waals surface area contributed by atoms with Gasteiger partial charge >= 0.3 is 0 Å². The molecule has 0 amide bonds. The Kier molecular flexibility index (Phi) is 7.78. The van der Waals surface area contributed by atoms with Gasteiger partial charge in [-0.1, -0.05) is 29.3 Å². The summed E-state index contributed by atoms with van der Waals surface area (Å²) in [5, 5.41) is 4.05. The number of methoxy groups -OCH3 is 2. The van der Waals surface area contributed by atoms with Crippen molar-refractivity contribution in [1.82, 2.24) is 5.32 Å². The molecule has 2 aromatic carbocycles. The zero-order valence-corrected chi connectivity index (χ0v) is 15.6. The quantitative estimate of drug-likeness (QED) is 0.644. The molecule has 0 fully saturated rings. The van der Waals surface area contributed by atoms with Crippen LogP contribution in [0.5, 0.6) is 11.5 Å². The molecule has 0 unspecified atom stereocenters. The van der Waals surface area contributed by atoms with E-state index in [1.54, 1.807) is 31.4 Å². The van der Waals surface area contributed by atoms with E-state index in [2.05, 4.69) is 5.32 Å². The second kappa shape index (κ2) is 9.82. The number of rotatable bonds is 9. The summed E-state index contributed by atoms with van der Waals surface area (Å²) < 4.78 is 29.9. The smallest absolute Gasteiger partial charge is 0.163 e. The molecule has 0 radical (unpaired) electrons. The highest BCUT2D eigenvalue weighted by Gasteiger charge is 2.13. The molecule has 2 rings (SSSR count). The summed E-state index contributed by atoms with van der Waals surface area (Å²) in [5.41, 5.74) is 1.15. The van der Waals surface area contributed by atoms with Crippen LogP contribution in [0.3, 0.4) is 0 Å². The third-order valence-corrected chi connectivity index (χ3v) is 4.27. The fourth-order valence-electron chi connectivity index (χ4n) is 2.20. The third-order valence-electron chi connectivity index (χ3n) is 3.56. The van der Waals surface area contributed by atoms with Gasteiger partial charge in [0.2, 0.25) is 0 Å². The van der Waals surface area contributed by atoms with Crippen molar-refractivity contribution in [2.24, 2.45) is 0 Å². The molecule has 1 N–H and O–H groups in total. The van der Waals surface area contributed by atoms with Crippen molar-refractivity contribution in [3.05, 3.63) is 57.3 Å². The Morgan fingerprint density at radius 3 is 2.56 bits per heavy atom. The van der Waals surface area contributed by atoms with Crippen LogP contribution < -0.4 is 14.8 Å². The maximum Gasteiger partial charge on any atom is 0.163 e. The van der Waals surface area contributed by atoms with E-state index >= 15 is 0 Å². The molecule has 0 spiro atoms. The van der Waals surface area contributed by atoms with Gasteiger partial charge in [-0.3, -0.25) is 0 Å². The zero-order chi connectivity index (χ0) is 18.2. The molecule has 0 atom stereocenters. The number of benzene rings is 2. The highest BCUT2D eigenvalue weighted by atomic mass is 35.5. The molecule has 0 aromatic heterocycles. The van der Waals surface area contributed by atoms with Crippen LogP contribution in [-0.2, 0) is 17.9 Å². The van der Waals surface area contributed by atoms with E-state index in [0.29, 0.717) is 41.2 Å². The van der Waals surface area contributed by atoms with E-state index in [1.807, 2.05) is 0 Å². The minimum Gasteiger partial charge on any atom is -0.493 e.